The van der Waals surface area contributed by atoms with Crippen LogP contribution in [-0.2, 0) is 10.8 Å². The van der Waals surface area contributed by atoms with E-state index in [-0.39, 0.29) is 10.8 Å². The molecule has 242 valence electrons. The van der Waals surface area contributed by atoms with Gasteiger partial charge >= 0.3 is 0 Å². The van der Waals surface area contributed by atoms with Gasteiger partial charge in [0.2, 0.25) is 0 Å². The van der Waals surface area contributed by atoms with E-state index in [2.05, 4.69) is 168 Å². The van der Waals surface area contributed by atoms with Crippen molar-refractivity contribution in [1.29, 1.82) is 0 Å². The summed E-state index contributed by atoms with van der Waals surface area (Å²) in [5, 5.41) is 4.82. The second-order valence-electron chi connectivity index (χ2n) is 15.5. The van der Waals surface area contributed by atoms with Crippen molar-refractivity contribution in [3.05, 3.63) is 161 Å². The van der Waals surface area contributed by atoms with Crippen molar-refractivity contribution in [3.8, 4) is 22.3 Å². The lowest BCUT2D eigenvalue weighted by Gasteiger charge is -2.28. The number of benzene rings is 7. The van der Waals surface area contributed by atoms with Gasteiger partial charge in [0.25, 0.3) is 0 Å². The monoisotopic (exact) mass is 645 g/mol. The molecule has 0 amide bonds. The Balaban J connectivity index is 1.17. The summed E-state index contributed by atoms with van der Waals surface area (Å²) >= 11 is 0. The van der Waals surface area contributed by atoms with Crippen LogP contribution in [0.2, 0.25) is 0 Å². The first-order chi connectivity index (χ1) is 24.1. The standard InChI is InChI=1S/C48H39NO/c1-28-18-19-29(2)43(24-28)49(42-16-11-14-36-34-13-8-10-17-44(34)50-46(36)42)31-21-23-32-30(25-31)20-22-35-38-27-40-37(26-41(38)48(5,6)45(32)35)33-12-7-9-15-39(33)47(40,3)4/h7-27H,1-6H3. The molecular weight excluding hydrogens is 607 g/mol. The molecule has 0 fully saturated rings. The molecule has 2 aliphatic rings. The SMILES string of the molecule is Cc1ccc(C)c(N(c2ccc3c4c(ccc3c2)-c2cc3c(cc2C4(C)C)-c2ccccc2C3(C)C)c2cccc3c2oc2ccccc23)c1. The summed E-state index contributed by atoms with van der Waals surface area (Å²) in [7, 11) is 0. The molecule has 0 saturated heterocycles. The van der Waals surface area contributed by atoms with Gasteiger partial charge in [0.05, 0.1) is 5.69 Å². The zero-order valence-electron chi connectivity index (χ0n) is 29.5. The fraction of sp³-hybridized carbons (Fsp3) is 0.167. The first-order valence-electron chi connectivity index (χ1n) is 17.8. The second kappa shape index (κ2) is 9.98. The molecule has 10 rings (SSSR count). The molecule has 2 nitrogen and oxygen atoms in total. The molecule has 8 aromatic rings. The highest BCUT2D eigenvalue weighted by Gasteiger charge is 2.42. The van der Waals surface area contributed by atoms with E-state index >= 15 is 0 Å². The third-order valence-corrected chi connectivity index (χ3v) is 11.8. The molecule has 0 aliphatic heterocycles. The van der Waals surface area contributed by atoms with Crippen LogP contribution in [-0.4, -0.2) is 0 Å². The smallest absolute Gasteiger partial charge is 0.159 e. The van der Waals surface area contributed by atoms with Crippen molar-refractivity contribution < 1.29 is 4.42 Å². The summed E-state index contributed by atoms with van der Waals surface area (Å²) < 4.78 is 6.62. The highest BCUT2D eigenvalue weighted by molar-refractivity contribution is 6.11. The van der Waals surface area contributed by atoms with Crippen LogP contribution in [0, 0.1) is 13.8 Å². The molecule has 0 bridgehead atoms. The lowest BCUT2D eigenvalue weighted by atomic mass is 9.78. The molecule has 1 heterocycles. The van der Waals surface area contributed by atoms with Gasteiger partial charge in [-0.1, -0.05) is 113 Å². The van der Waals surface area contributed by atoms with Crippen LogP contribution in [0.3, 0.4) is 0 Å². The van der Waals surface area contributed by atoms with Crippen LogP contribution in [0.1, 0.15) is 61.1 Å². The predicted molar refractivity (Wildman–Crippen MR) is 211 cm³/mol. The molecule has 50 heavy (non-hydrogen) atoms. The maximum Gasteiger partial charge on any atom is 0.159 e. The Labute approximate surface area is 293 Å². The number of furan rings is 1. The normalized spacial score (nSPS) is 14.9. The molecule has 0 spiro atoms. The highest BCUT2D eigenvalue weighted by atomic mass is 16.3. The highest BCUT2D eigenvalue weighted by Crippen LogP contribution is 2.57. The Hall–Kier alpha value is -5.60. The average molecular weight is 646 g/mol. The van der Waals surface area contributed by atoms with Crippen LogP contribution in [0.15, 0.2) is 132 Å². The van der Waals surface area contributed by atoms with Crippen LogP contribution >= 0.6 is 0 Å². The minimum atomic E-state index is -0.144. The van der Waals surface area contributed by atoms with Crippen LogP contribution in [0.5, 0.6) is 0 Å². The maximum atomic E-state index is 6.62. The van der Waals surface area contributed by atoms with Crippen LogP contribution in [0.4, 0.5) is 17.1 Å². The lowest BCUT2D eigenvalue weighted by Crippen LogP contribution is -2.17. The number of hydrogen-bond donors (Lipinski definition) is 0. The average Bonchev–Trinajstić information content (AvgIpc) is 3.69. The van der Waals surface area contributed by atoms with Gasteiger partial charge in [-0.2, -0.15) is 0 Å². The Morgan fingerprint density at radius 2 is 1.24 bits per heavy atom. The van der Waals surface area contributed by atoms with Gasteiger partial charge in [0.1, 0.15) is 5.58 Å². The van der Waals surface area contributed by atoms with Gasteiger partial charge in [0, 0.05) is 33.0 Å². The third-order valence-electron chi connectivity index (χ3n) is 11.8. The Bertz CT molecular complexity index is 2740. The van der Waals surface area contributed by atoms with E-state index < -0.39 is 0 Å². The van der Waals surface area contributed by atoms with Gasteiger partial charge in [0.15, 0.2) is 5.58 Å². The van der Waals surface area contributed by atoms with Crippen molar-refractivity contribution in [1.82, 2.24) is 0 Å². The fourth-order valence-electron chi connectivity index (χ4n) is 9.25. The number of nitrogens with zero attached hydrogens (tertiary/aromatic N) is 1. The summed E-state index contributed by atoms with van der Waals surface area (Å²) in [6, 6.07) is 47.3. The first-order valence-corrected chi connectivity index (χ1v) is 17.8. The van der Waals surface area contributed by atoms with Crippen molar-refractivity contribution in [2.45, 2.75) is 52.4 Å². The quantitative estimate of drug-likeness (QED) is 0.190. The van der Waals surface area contributed by atoms with Gasteiger partial charge < -0.3 is 9.32 Å². The van der Waals surface area contributed by atoms with Crippen LogP contribution < -0.4 is 4.90 Å². The molecule has 2 aliphatic carbocycles. The van der Waals surface area contributed by atoms with Crippen molar-refractivity contribution in [2.24, 2.45) is 0 Å². The molecule has 7 aromatic carbocycles. The third kappa shape index (κ3) is 3.85. The molecule has 2 heteroatoms. The summed E-state index contributed by atoms with van der Waals surface area (Å²) in [4.78, 5) is 2.39. The zero-order valence-corrected chi connectivity index (χ0v) is 29.5. The van der Waals surface area contributed by atoms with E-state index in [4.69, 9.17) is 4.42 Å². The largest absolute Gasteiger partial charge is 0.454 e. The van der Waals surface area contributed by atoms with Gasteiger partial charge in [-0.05, 0) is 123 Å². The number of para-hydroxylation sites is 2. The van der Waals surface area contributed by atoms with E-state index in [1.165, 1.54) is 66.4 Å². The van der Waals surface area contributed by atoms with E-state index in [1.807, 2.05) is 6.07 Å². The Morgan fingerprint density at radius 1 is 0.500 bits per heavy atom. The maximum absolute atomic E-state index is 6.62. The minimum Gasteiger partial charge on any atom is -0.454 e. The molecule has 0 unspecified atom stereocenters. The number of rotatable bonds is 3. The van der Waals surface area contributed by atoms with E-state index in [0.29, 0.717) is 0 Å². The molecule has 0 atom stereocenters. The summed E-state index contributed by atoms with van der Waals surface area (Å²) in [6.45, 7) is 13.9. The Morgan fingerprint density at radius 3 is 2.10 bits per heavy atom. The van der Waals surface area contributed by atoms with Gasteiger partial charge in [-0.3, -0.25) is 0 Å². The van der Waals surface area contributed by atoms with Crippen molar-refractivity contribution in [2.75, 3.05) is 4.90 Å². The van der Waals surface area contributed by atoms with Crippen molar-refractivity contribution >= 4 is 49.8 Å². The fourth-order valence-corrected chi connectivity index (χ4v) is 9.25. The Kier molecular flexibility index (Phi) is 5.86. The number of hydrogen-bond acceptors (Lipinski definition) is 2. The van der Waals surface area contributed by atoms with E-state index in [9.17, 15) is 0 Å². The zero-order chi connectivity index (χ0) is 34.1. The summed E-state index contributed by atoms with van der Waals surface area (Å²) in [6.07, 6.45) is 0. The minimum absolute atomic E-state index is 0.0281. The van der Waals surface area contributed by atoms with E-state index in [1.54, 1.807) is 0 Å². The molecule has 0 saturated carbocycles. The topological polar surface area (TPSA) is 16.4 Å². The summed E-state index contributed by atoms with van der Waals surface area (Å²) in [5.74, 6) is 0. The van der Waals surface area contributed by atoms with Gasteiger partial charge in [-0.25, -0.2) is 0 Å². The number of aryl methyl sites for hydroxylation is 2. The number of fused-ring (bicyclic) bond motifs is 11. The first kappa shape index (κ1) is 29.3. The lowest BCUT2D eigenvalue weighted by molar-refractivity contribution is 0.654. The molecular formula is C48H39NO. The molecule has 0 radical (unpaired) electrons. The van der Waals surface area contributed by atoms with Crippen molar-refractivity contribution in [3.63, 3.8) is 0 Å². The molecule has 1 aromatic heterocycles. The van der Waals surface area contributed by atoms with Gasteiger partial charge in [-0.15, -0.1) is 0 Å². The van der Waals surface area contributed by atoms with E-state index in [0.717, 1.165) is 39.0 Å². The second-order valence-corrected chi connectivity index (χ2v) is 15.5. The van der Waals surface area contributed by atoms with Crippen LogP contribution in [0.25, 0.3) is 55.0 Å². The summed E-state index contributed by atoms with van der Waals surface area (Å²) in [5.41, 5.74) is 18.6. The number of anilines is 3. The molecule has 0 N–H and O–H groups in total. The predicted octanol–water partition coefficient (Wildman–Crippen LogP) is 13.4.